The van der Waals surface area contributed by atoms with Gasteiger partial charge in [0, 0.05) is 35.4 Å². The predicted octanol–water partition coefficient (Wildman–Crippen LogP) is 6.23. The van der Waals surface area contributed by atoms with Gasteiger partial charge in [0.15, 0.2) is 0 Å². The summed E-state index contributed by atoms with van der Waals surface area (Å²) in [6.07, 6.45) is 1.50. The van der Waals surface area contributed by atoms with Crippen molar-refractivity contribution in [3.8, 4) is 0 Å². The summed E-state index contributed by atoms with van der Waals surface area (Å²) in [6.45, 7) is 1.71. The van der Waals surface area contributed by atoms with Crippen LogP contribution in [0.1, 0.15) is 59.8 Å². The number of hydrogen-bond donors (Lipinski definition) is 1. The average Bonchev–Trinajstić information content (AvgIpc) is 3.46. The molecule has 6 nitrogen and oxygen atoms in total. The molecule has 1 N–H and O–H groups in total. The third-order valence-electron chi connectivity index (χ3n) is 6.51. The van der Waals surface area contributed by atoms with E-state index < -0.39 is 34.6 Å². The minimum Gasteiger partial charge on any atom is -0.351 e. The number of aromatic nitrogens is 2. The zero-order valence-corrected chi connectivity index (χ0v) is 22.1. The molecule has 3 aromatic rings. The molecule has 1 saturated carbocycles. The fraction of sp³-hybridized carbons (Fsp3) is 0.423. The molecule has 1 aromatic carbocycles. The van der Waals surface area contributed by atoms with Gasteiger partial charge in [-0.3, -0.25) is 19.2 Å². The Labute approximate surface area is 222 Å². The second-order valence-corrected chi connectivity index (χ2v) is 10.7. The number of alkyl halides is 3. The van der Waals surface area contributed by atoms with E-state index in [4.69, 9.17) is 11.6 Å². The van der Waals surface area contributed by atoms with Gasteiger partial charge in [0.25, 0.3) is 0 Å². The summed E-state index contributed by atoms with van der Waals surface area (Å²) in [5.41, 5.74) is -0.190. The molecule has 198 valence electrons. The van der Waals surface area contributed by atoms with E-state index >= 15 is 0 Å². The number of halogens is 4. The summed E-state index contributed by atoms with van der Waals surface area (Å²) in [5, 5.41) is 8.73. The number of aryl methyl sites for hydroxylation is 2. The van der Waals surface area contributed by atoms with E-state index in [1.54, 1.807) is 32.3 Å². The summed E-state index contributed by atoms with van der Waals surface area (Å²) in [4.78, 5) is 29.5. The largest absolute Gasteiger partial charge is 0.417 e. The van der Waals surface area contributed by atoms with Crippen molar-refractivity contribution in [2.75, 3.05) is 4.90 Å². The van der Waals surface area contributed by atoms with Crippen LogP contribution in [-0.4, -0.2) is 27.6 Å². The van der Waals surface area contributed by atoms with E-state index in [1.807, 2.05) is 5.38 Å². The predicted molar refractivity (Wildman–Crippen MR) is 138 cm³/mol. The molecule has 2 amide bonds. The number of anilines is 1. The Morgan fingerprint density at radius 3 is 2.57 bits per heavy atom. The second-order valence-electron chi connectivity index (χ2n) is 9.27. The van der Waals surface area contributed by atoms with Crippen molar-refractivity contribution in [2.45, 2.75) is 63.7 Å². The molecule has 1 atom stereocenters. The lowest BCUT2D eigenvalue weighted by atomic mass is 9.94. The fourth-order valence-corrected chi connectivity index (χ4v) is 5.70. The zero-order chi connectivity index (χ0) is 26.7. The average molecular weight is 553 g/mol. The first-order valence-electron chi connectivity index (χ1n) is 12.1. The second kappa shape index (κ2) is 11.3. The smallest absolute Gasteiger partial charge is 0.351 e. The Balaban J connectivity index is 1.83. The number of nitrogens with zero attached hydrogens (tertiary/aromatic N) is 3. The molecular formula is C26H28ClF3N4O2S. The van der Waals surface area contributed by atoms with Gasteiger partial charge in [0.05, 0.1) is 22.7 Å². The first-order valence-corrected chi connectivity index (χ1v) is 13.3. The van der Waals surface area contributed by atoms with Crippen molar-refractivity contribution in [2.24, 2.45) is 7.05 Å². The van der Waals surface area contributed by atoms with Crippen molar-refractivity contribution >= 4 is 40.4 Å². The van der Waals surface area contributed by atoms with Gasteiger partial charge in [-0.1, -0.05) is 36.9 Å². The fourth-order valence-electron chi connectivity index (χ4n) is 4.78. The molecule has 0 saturated heterocycles. The molecular weight excluding hydrogens is 525 g/mol. The normalized spacial score (nSPS) is 15.4. The van der Waals surface area contributed by atoms with E-state index in [2.05, 4.69) is 10.4 Å². The highest BCUT2D eigenvalue weighted by Crippen LogP contribution is 2.39. The highest BCUT2D eigenvalue weighted by molar-refractivity contribution is 7.10. The molecule has 2 aromatic heterocycles. The molecule has 4 rings (SSSR count). The topological polar surface area (TPSA) is 67.2 Å². The van der Waals surface area contributed by atoms with Crippen molar-refractivity contribution < 1.29 is 22.8 Å². The van der Waals surface area contributed by atoms with Crippen LogP contribution in [-0.2, 0) is 29.2 Å². The molecule has 11 heteroatoms. The number of carbonyl (C=O) groups excluding carboxylic acids is 2. The van der Waals surface area contributed by atoms with Crippen LogP contribution in [0.5, 0.6) is 0 Å². The Morgan fingerprint density at radius 2 is 1.97 bits per heavy atom. The van der Waals surface area contributed by atoms with Crippen LogP contribution in [0.3, 0.4) is 0 Å². The van der Waals surface area contributed by atoms with E-state index in [1.165, 1.54) is 22.1 Å². The van der Waals surface area contributed by atoms with Gasteiger partial charge in [0.1, 0.15) is 6.04 Å². The summed E-state index contributed by atoms with van der Waals surface area (Å²) in [7, 11) is 1.69. The molecule has 1 unspecified atom stereocenters. The van der Waals surface area contributed by atoms with Crippen molar-refractivity contribution in [3.63, 3.8) is 0 Å². The van der Waals surface area contributed by atoms with Gasteiger partial charge in [-0.15, -0.1) is 11.3 Å². The number of amides is 2. The van der Waals surface area contributed by atoms with E-state index in [0.717, 1.165) is 54.0 Å². The number of carbonyl (C=O) groups is 2. The Morgan fingerprint density at radius 1 is 1.24 bits per heavy atom. The molecule has 0 radical (unpaired) electrons. The molecule has 0 aliphatic heterocycles. The maximum absolute atomic E-state index is 13.9. The zero-order valence-electron chi connectivity index (χ0n) is 20.5. The molecule has 2 heterocycles. The van der Waals surface area contributed by atoms with E-state index in [9.17, 15) is 22.8 Å². The van der Waals surface area contributed by atoms with Gasteiger partial charge in [-0.2, -0.15) is 18.3 Å². The molecule has 1 aliphatic carbocycles. The Hall–Kier alpha value is -2.85. The summed E-state index contributed by atoms with van der Waals surface area (Å²) >= 11 is 7.24. The number of thiophene rings is 1. The van der Waals surface area contributed by atoms with Crippen molar-refractivity contribution in [1.82, 2.24) is 15.1 Å². The Kier molecular flexibility index (Phi) is 8.28. The van der Waals surface area contributed by atoms with Crippen LogP contribution < -0.4 is 10.2 Å². The van der Waals surface area contributed by atoms with Gasteiger partial charge >= 0.3 is 6.18 Å². The van der Waals surface area contributed by atoms with Crippen LogP contribution in [0.4, 0.5) is 18.9 Å². The Bertz CT molecular complexity index is 1250. The number of benzene rings is 1. The van der Waals surface area contributed by atoms with Crippen molar-refractivity contribution in [3.05, 3.63) is 68.6 Å². The monoisotopic (exact) mass is 552 g/mol. The van der Waals surface area contributed by atoms with Gasteiger partial charge in [-0.25, -0.2) is 0 Å². The molecule has 0 bridgehead atoms. The maximum Gasteiger partial charge on any atom is 0.417 e. The molecule has 0 spiro atoms. The standard InChI is InChI=1S/C26H28ClF3N4O2S/c1-16-20(15-33(2)32-16)24(25(36)31-17-7-4-3-5-8-17)34(23(35)14-19-9-6-12-37-19)18-10-11-22(27)21(13-18)26(28,29)30/h6,9-13,15,17,24H,3-5,7-8,14H2,1-2H3,(H,31,36). The van der Waals surface area contributed by atoms with Gasteiger partial charge < -0.3 is 5.32 Å². The van der Waals surface area contributed by atoms with Crippen LogP contribution in [0.15, 0.2) is 41.9 Å². The molecule has 37 heavy (non-hydrogen) atoms. The van der Waals surface area contributed by atoms with Crippen LogP contribution in [0, 0.1) is 6.92 Å². The van der Waals surface area contributed by atoms with E-state index in [0.29, 0.717) is 11.3 Å². The lowest BCUT2D eigenvalue weighted by Gasteiger charge is -2.33. The highest BCUT2D eigenvalue weighted by Gasteiger charge is 2.39. The highest BCUT2D eigenvalue weighted by atomic mass is 35.5. The number of hydrogen-bond acceptors (Lipinski definition) is 4. The van der Waals surface area contributed by atoms with Gasteiger partial charge in [-0.05, 0) is 49.4 Å². The molecule has 1 aliphatic rings. The van der Waals surface area contributed by atoms with Crippen LogP contribution in [0.25, 0.3) is 0 Å². The summed E-state index contributed by atoms with van der Waals surface area (Å²) < 4.78 is 42.9. The maximum atomic E-state index is 13.9. The van der Waals surface area contributed by atoms with Crippen molar-refractivity contribution in [1.29, 1.82) is 0 Å². The third-order valence-corrected chi connectivity index (χ3v) is 7.72. The minimum absolute atomic E-state index is 0.0640. The molecule has 1 fully saturated rings. The lowest BCUT2D eigenvalue weighted by molar-refractivity contribution is -0.137. The minimum atomic E-state index is -4.74. The third kappa shape index (κ3) is 6.35. The summed E-state index contributed by atoms with van der Waals surface area (Å²) in [6, 6.07) is 5.57. The number of rotatable bonds is 7. The quantitative estimate of drug-likeness (QED) is 0.378. The number of nitrogens with one attached hydrogen (secondary N) is 1. The first-order chi connectivity index (χ1) is 17.5. The first kappa shape index (κ1) is 27.2. The lowest BCUT2D eigenvalue weighted by Crippen LogP contribution is -2.48. The summed E-state index contributed by atoms with van der Waals surface area (Å²) in [5.74, 6) is -0.962. The SMILES string of the molecule is Cc1nn(C)cc1C(C(=O)NC1CCCCC1)N(C(=O)Cc1cccs1)c1ccc(Cl)c(C(F)(F)F)c1. The van der Waals surface area contributed by atoms with Gasteiger partial charge in [0.2, 0.25) is 11.8 Å². The van der Waals surface area contributed by atoms with E-state index in [-0.39, 0.29) is 18.2 Å². The van der Waals surface area contributed by atoms with Crippen LogP contribution >= 0.6 is 22.9 Å². The van der Waals surface area contributed by atoms with Crippen LogP contribution in [0.2, 0.25) is 5.02 Å².